The van der Waals surface area contributed by atoms with E-state index in [4.69, 9.17) is 0 Å². The summed E-state index contributed by atoms with van der Waals surface area (Å²) in [6.45, 7) is 0. The Hall–Kier alpha value is -3.53. The van der Waals surface area contributed by atoms with Crippen LogP contribution in [0.15, 0.2) is 43.0 Å². The van der Waals surface area contributed by atoms with E-state index in [0.29, 0.717) is 11.4 Å². The molecule has 7 heteroatoms. The second-order valence-electron chi connectivity index (χ2n) is 5.66. The Bertz CT molecular complexity index is 1100. The van der Waals surface area contributed by atoms with Crippen LogP contribution in [0, 0.1) is 17.1 Å². The number of aromatic amines is 1. The number of aryl methyl sites for hydroxylation is 1. The zero-order chi connectivity index (χ0) is 17.4. The molecule has 0 aliphatic carbocycles. The molecule has 0 amide bonds. The molecule has 0 atom stereocenters. The summed E-state index contributed by atoms with van der Waals surface area (Å²) in [5.74, 6) is -0.400. The summed E-state index contributed by atoms with van der Waals surface area (Å²) in [7, 11) is 1.82. The molecule has 4 aromatic heterocycles. The SMILES string of the molecule is Cn1cc(-c2c(CC#N)cnc3[nH]ccc23)c(-c2ccc(F)cn2)n1. The van der Waals surface area contributed by atoms with Crippen LogP contribution in [0.5, 0.6) is 0 Å². The van der Waals surface area contributed by atoms with Gasteiger partial charge in [-0.15, -0.1) is 0 Å². The molecule has 0 aliphatic rings. The molecule has 1 N–H and O–H groups in total. The second-order valence-corrected chi connectivity index (χ2v) is 5.66. The average Bonchev–Trinajstić information content (AvgIpc) is 3.22. The maximum atomic E-state index is 13.2. The fourth-order valence-corrected chi connectivity index (χ4v) is 2.96. The minimum absolute atomic E-state index is 0.231. The molecular weight excluding hydrogens is 319 g/mol. The molecule has 0 radical (unpaired) electrons. The third-order valence-corrected chi connectivity index (χ3v) is 4.00. The molecule has 4 aromatic rings. The van der Waals surface area contributed by atoms with Gasteiger partial charge in [0.15, 0.2) is 0 Å². The Kier molecular flexibility index (Phi) is 3.51. The van der Waals surface area contributed by atoms with Crippen molar-refractivity contribution < 1.29 is 4.39 Å². The maximum Gasteiger partial charge on any atom is 0.141 e. The van der Waals surface area contributed by atoms with Crippen LogP contribution in [-0.4, -0.2) is 24.7 Å². The minimum Gasteiger partial charge on any atom is -0.346 e. The van der Waals surface area contributed by atoms with Gasteiger partial charge < -0.3 is 4.98 Å². The van der Waals surface area contributed by atoms with Gasteiger partial charge >= 0.3 is 0 Å². The van der Waals surface area contributed by atoms with Crippen molar-refractivity contribution in [1.82, 2.24) is 24.7 Å². The Morgan fingerprint density at radius 2 is 2.12 bits per heavy atom. The van der Waals surface area contributed by atoms with Crippen LogP contribution in [-0.2, 0) is 13.5 Å². The lowest BCUT2D eigenvalue weighted by atomic mass is 9.96. The van der Waals surface area contributed by atoms with Crippen LogP contribution in [0.1, 0.15) is 5.56 Å². The topological polar surface area (TPSA) is 83.2 Å². The number of H-pyrrole nitrogens is 1. The summed E-state index contributed by atoms with van der Waals surface area (Å²) in [5.41, 5.74) is 4.47. The lowest BCUT2D eigenvalue weighted by Crippen LogP contribution is -1.94. The summed E-state index contributed by atoms with van der Waals surface area (Å²) in [6, 6.07) is 7.06. The summed E-state index contributed by atoms with van der Waals surface area (Å²) in [6.07, 6.45) is 6.79. The van der Waals surface area contributed by atoms with Crippen LogP contribution in [0.2, 0.25) is 0 Å². The maximum absolute atomic E-state index is 13.2. The number of fused-ring (bicyclic) bond motifs is 1. The molecule has 25 heavy (non-hydrogen) atoms. The number of halogens is 1. The molecule has 0 spiro atoms. The average molecular weight is 332 g/mol. The third kappa shape index (κ3) is 2.54. The van der Waals surface area contributed by atoms with E-state index in [1.54, 1.807) is 16.9 Å². The molecule has 4 rings (SSSR count). The van der Waals surface area contributed by atoms with Crippen LogP contribution in [0.4, 0.5) is 4.39 Å². The van der Waals surface area contributed by atoms with Crippen molar-refractivity contribution in [3.8, 4) is 28.6 Å². The van der Waals surface area contributed by atoms with Crippen molar-refractivity contribution in [1.29, 1.82) is 5.26 Å². The Morgan fingerprint density at radius 3 is 2.88 bits per heavy atom. The second kappa shape index (κ2) is 5.83. The molecule has 0 saturated heterocycles. The molecular formula is C18H13FN6. The minimum atomic E-state index is -0.400. The standard InChI is InChI=1S/C18H13FN6/c1-25-10-14(17(24-25)15-3-2-12(19)9-22-15)16-11(4-6-20)8-23-18-13(16)5-7-21-18/h2-3,5,7-10H,4H2,1H3,(H,21,23). The molecule has 122 valence electrons. The first-order valence-electron chi connectivity index (χ1n) is 7.65. The quantitative estimate of drug-likeness (QED) is 0.624. The summed E-state index contributed by atoms with van der Waals surface area (Å²) in [4.78, 5) is 11.6. The fraction of sp³-hybridized carbons (Fsp3) is 0.111. The van der Waals surface area contributed by atoms with Crippen LogP contribution < -0.4 is 0 Å². The lowest BCUT2D eigenvalue weighted by Gasteiger charge is -2.08. The normalized spacial score (nSPS) is 10.9. The zero-order valence-electron chi connectivity index (χ0n) is 13.4. The highest BCUT2D eigenvalue weighted by atomic mass is 19.1. The third-order valence-electron chi connectivity index (χ3n) is 4.00. The van der Waals surface area contributed by atoms with Crippen LogP contribution in [0.3, 0.4) is 0 Å². The van der Waals surface area contributed by atoms with Crippen molar-refractivity contribution in [3.05, 3.63) is 54.4 Å². The lowest BCUT2D eigenvalue weighted by molar-refractivity contribution is 0.621. The van der Waals surface area contributed by atoms with E-state index >= 15 is 0 Å². The van der Waals surface area contributed by atoms with Crippen LogP contribution in [0.25, 0.3) is 33.5 Å². The fourth-order valence-electron chi connectivity index (χ4n) is 2.96. The number of aromatic nitrogens is 5. The molecule has 0 aromatic carbocycles. The highest BCUT2D eigenvalue weighted by Crippen LogP contribution is 2.36. The van der Waals surface area contributed by atoms with Gasteiger partial charge in [0.25, 0.3) is 0 Å². The van der Waals surface area contributed by atoms with Gasteiger partial charge in [0.2, 0.25) is 0 Å². The van der Waals surface area contributed by atoms with Crippen molar-refractivity contribution in [2.75, 3.05) is 0 Å². The first-order chi connectivity index (χ1) is 12.2. The largest absolute Gasteiger partial charge is 0.346 e. The van der Waals surface area contributed by atoms with E-state index in [2.05, 4.69) is 26.1 Å². The van der Waals surface area contributed by atoms with Gasteiger partial charge in [-0.3, -0.25) is 9.67 Å². The first kappa shape index (κ1) is 15.0. The van der Waals surface area contributed by atoms with Crippen molar-refractivity contribution >= 4 is 11.0 Å². The van der Waals surface area contributed by atoms with E-state index < -0.39 is 5.82 Å². The van der Waals surface area contributed by atoms with Crippen LogP contribution >= 0.6 is 0 Å². The Balaban J connectivity index is 2.01. The van der Waals surface area contributed by atoms with E-state index in [-0.39, 0.29) is 6.42 Å². The zero-order valence-corrected chi connectivity index (χ0v) is 13.4. The molecule has 0 bridgehead atoms. The summed E-state index contributed by atoms with van der Waals surface area (Å²) >= 11 is 0. The van der Waals surface area contributed by atoms with Gasteiger partial charge in [-0.1, -0.05) is 0 Å². The van der Waals surface area contributed by atoms with E-state index in [9.17, 15) is 9.65 Å². The Morgan fingerprint density at radius 1 is 1.24 bits per heavy atom. The number of hydrogen-bond donors (Lipinski definition) is 1. The molecule has 0 aliphatic heterocycles. The van der Waals surface area contributed by atoms with Gasteiger partial charge in [-0.2, -0.15) is 10.4 Å². The number of nitrogens with zero attached hydrogens (tertiary/aromatic N) is 5. The summed E-state index contributed by atoms with van der Waals surface area (Å²) < 4.78 is 14.9. The molecule has 0 unspecified atom stereocenters. The van der Waals surface area contributed by atoms with Crippen molar-refractivity contribution in [2.45, 2.75) is 6.42 Å². The number of nitrogens with one attached hydrogen (secondary N) is 1. The van der Waals surface area contributed by atoms with Gasteiger partial charge in [0, 0.05) is 42.2 Å². The predicted molar refractivity (Wildman–Crippen MR) is 90.8 cm³/mol. The molecule has 4 heterocycles. The first-order valence-corrected chi connectivity index (χ1v) is 7.65. The van der Waals surface area contributed by atoms with E-state index in [0.717, 1.165) is 27.7 Å². The molecule has 0 saturated carbocycles. The van der Waals surface area contributed by atoms with Gasteiger partial charge in [0.1, 0.15) is 17.2 Å². The van der Waals surface area contributed by atoms with Crippen molar-refractivity contribution in [2.24, 2.45) is 7.05 Å². The molecule has 0 fully saturated rings. The Labute approximate surface area is 142 Å². The highest BCUT2D eigenvalue weighted by Gasteiger charge is 2.19. The van der Waals surface area contributed by atoms with Gasteiger partial charge in [0.05, 0.1) is 24.4 Å². The van der Waals surface area contributed by atoms with E-state index in [1.165, 1.54) is 12.3 Å². The number of hydrogen-bond acceptors (Lipinski definition) is 4. The number of pyridine rings is 2. The van der Waals surface area contributed by atoms with E-state index in [1.807, 2.05) is 25.5 Å². The molecule has 6 nitrogen and oxygen atoms in total. The number of nitriles is 1. The monoisotopic (exact) mass is 332 g/mol. The highest BCUT2D eigenvalue weighted by molar-refractivity contribution is 5.98. The number of rotatable bonds is 3. The van der Waals surface area contributed by atoms with Gasteiger partial charge in [-0.25, -0.2) is 9.37 Å². The predicted octanol–water partition coefficient (Wildman–Crippen LogP) is 3.23. The summed E-state index contributed by atoms with van der Waals surface area (Å²) in [5, 5.41) is 14.6. The van der Waals surface area contributed by atoms with Crippen molar-refractivity contribution in [3.63, 3.8) is 0 Å². The van der Waals surface area contributed by atoms with Gasteiger partial charge in [-0.05, 0) is 23.8 Å². The smallest absolute Gasteiger partial charge is 0.141 e.